The summed E-state index contributed by atoms with van der Waals surface area (Å²) in [6, 6.07) is 8.93. The van der Waals surface area contributed by atoms with E-state index in [2.05, 4.69) is 10.3 Å². The highest BCUT2D eigenvalue weighted by atomic mass is 16.5. The van der Waals surface area contributed by atoms with Crippen LogP contribution in [0.4, 0.5) is 0 Å². The van der Waals surface area contributed by atoms with Crippen molar-refractivity contribution in [2.75, 3.05) is 19.8 Å². The number of aromatic nitrogens is 1. The molecule has 2 rings (SSSR count). The molecule has 0 aliphatic heterocycles. The lowest BCUT2D eigenvalue weighted by molar-refractivity contribution is 0.0949. The van der Waals surface area contributed by atoms with E-state index in [0.29, 0.717) is 49.6 Å². The molecule has 0 unspecified atom stereocenters. The van der Waals surface area contributed by atoms with E-state index in [1.54, 1.807) is 12.1 Å². The van der Waals surface area contributed by atoms with Crippen LogP contribution >= 0.6 is 0 Å². The number of carbonyl (C=O) groups is 2. The van der Waals surface area contributed by atoms with Crippen molar-refractivity contribution in [1.29, 1.82) is 0 Å². The molecule has 0 fully saturated rings. The van der Waals surface area contributed by atoms with Gasteiger partial charge in [0.25, 0.3) is 5.91 Å². The molecule has 2 N–H and O–H groups in total. The molecule has 0 aliphatic carbocycles. The normalized spacial score (nSPS) is 10.2. The Hall–Kier alpha value is -2.76. The van der Waals surface area contributed by atoms with Crippen molar-refractivity contribution in [1.82, 2.24) is 10.3 Å². The third-order valence-corrected chi connectivity index (χ3v) is 3.39. The third-order valence-electron chi connectivity index (χ3n) is 3.39. The van der Waals surface area contributed by atoms with E-state index >= 15 is 0 Å². The van der Waals surface area contributed by atoms with Crippen molar-refractivity contribution in [3.05, 3.63) is 47.3 Å². The van der Waals surface area contributed by atoms with Crippen molar-refractivity contribution < 1.29 is 19.1 Å². The summed E-state index contributed by atoms with van der Waals surface area (Å²) in [5.74, 6) is 1.20. The van der Waals surface area contributed by atoms with Gasteiger partial charge >= 0.3 is 0 Å². The molecule has 6 heteroatoms. The smallest absolute Gasteiger partial charge is 0.267 e. The Morgan fingerprint density at radius 3 is 2.54 bits per heavy atom. The topological polar surface area (TPSA) is 80.4 Å². The second-order valence-corrected chi connectivity index (χ2v) is 5.10. The molecular formula is C18H22N2O4. The number of carbonyl (C=O) groups excluding carboxylic acids is 2. The number of hydrogen-bond donors (Lipinski definition) is 2. The number of aromatic amines is 1. The number of rotatable bonds is 9. The van der Waals surface area contributed by atoms with Crippen LogP contribution in [-0.4, -0.2) is 36.9 Å². The quantitative estimate of drug-likeness (QED) is 0.693. The third kappa shape index (κ3) is 4.62. The summed E-state index contributed by atoms with van der Waals surface area (Å²) >= 11 is 0. The average molecular weight is 330 g/mol. The Labute approximate surface area is 141 Å². The molecule has 6 nitrogen and oxygen atoms in total. The highest BCUT2D eigenvalue weighted by Gasteiger charge is 2.09. The first-order chi connectivity index (χ1) is 11.7. The highest BCUT2D eigenvalue weighted by molar-refractivity contribution is 5.93. The second kappa shape index (κ2) is 8.76. The minimum Gasteiger partial charge on any atom is -0.490 e. The Morgan fingerprint density at radius 1 is 1.12 bits per heavy atom. The van der Waals surface area contributed by atoms with Gasteiger partial charge in [-0.3, -0.25) is 9.59 Å². The molecule has 0 aliphatic rings. The zero-order valence-electron chi connectivity index (χ0n) is 13.9. The maximum atomic E-state index is 12.0. The van der Waals surface area contributed by atoms with Gasteiger partial charge in [0.2, 0.25) is 0 Å². The fraction of sp³-hybridized carbons (Fsp3) is 0.333. The molecule has 1 aromatic heterocycles. The van der Waals surface area contributed by atoms with Crippen LogP contribution in [0.25, 0.3) is 0 Å². The summed E-state index contributed by atoms with van der Waals surface area (Å²) in [6.07, 6.45) is 1.34. The number of nitrogens with one attached hydrogen (secondary N) is 2. The summed E-state index contributed by atoms with van der Waals surface area (Å²) in [6.45, 7) is 5.47. The van der Waals surface area contributed by atoms with E-state index in [-0.39, 0.29) is 5.91 Å². The Morgan fingerprint density at radius 2 is 1.88 bits per heavy atom. The maximum absolute atomic E-state index is 12.0. The number of hydrogen-bond acceptors (Lipinski definition) is 4. The van der Waals surface area contributed by atoms with Crippen LogP contribution in [-0.2, 0) is 6.42 Å². The summed E-state index contributed by atoms with van der Waals surface area (Å²) in [7, 11) is 0. The van der Waals surface area contributed by atoms with E-state index in [4.69, 9.17) is 9.47 Å². The number of aldehydes is 1. The van der Waals surface area contributed by atoms with Gasteiger partial charge in [-0.1, -0.05) is 6.07 Å². The average Bonchev–Trinajstić information content (AvgIpc) is 3.06. The predicted octanol–water partition coefficient (Wildman–Crippen LogP) is 2.60. The van der Waals surface area contributed by atoms with E-state index in [1.807, 2.05) is 32.0 Å². The van der Waals surface area contributed by atoms with Gasteiger partial charge in [0.1, 0.15) is 5.69 Å². The van der Waals surface area contributed by atoms with Crippen LogP contribution < -0.4 is 14.8 Å². The van der Waals surface area contributed by atoms with E-state index in [1.165, 1.54) is 0 Å². The molecule has 2 aromatic rings. The SMILES string of the molecule is CCOc1ccc(CCNC(=O)c2ccc(C=O)[nH]2)cc1OCC. The minimum atomic E-state index is -0.237. The molecule has 0 saturated carbocycles. The molecular weight excluding hydrogens is 308 g/mol. The van der Waals surface area contributed by atoms with Gasteiger partial charge in [0, 0.05) is 6.54 Å². The number of ether oxygens (including phenoxy) is 2. The monoisotopic (exact) mass is 330 g/mol. The van der Waals surface area contributed by atoms with Crippen LogP contribution in [0, 0.1) is 0 Å². The first kappa shape index (κ1) is 17.6. The zero-order chi connectivity index (χ0) is 17.4. The fourth-order valence-electron chi connectivity index (χ4n) is 2.28. The van der Waals surface area contributed by atoms with Gasteiger partial charge in [-0.2, -0.15) is 0 Å². The molecule has 24 heavy (non-hydrogen) atoms. The van der Waals surface area contributed by atoms with Gasteiger partial charge in [0.15, 0.2) is 17.8 Å². The Bertz CT molecular complexity index is 694. The van der Waals surface area contributed by atoms with E-state index in [0.717, 1.165) is 11.3 Å². The summed E-state index contributed by atoms with van der Waals surface area (Å²) in [5.41, 5.74) is 1.80. The highest BCUT2D eigenvalue weighted by Crippen LogP contribution is 2.28. The maximum Gasteiger partial charge on any atom is 0.267 e. The lowest BCUT2D eigenvalue weighted by atomic mass is 10.1. The first-order valence-electron chi connectivity index (χ1n) is 7.98. The minimum absolute atomic E-state index is 0.237. The van der Waals surface area contributed by atoms with Crippen molar-refractivity contribution in [2.24, 2.45) is 0 Å². The molecule has 0 bridgehead atoms. The zero-order valence-corrected chi connectivity index (χ0v) is 13.9. The lowest BCUT2D eigenvalue weighted by Crippen LogP contribution is -2.26. The predicted molar refractivity (Wildman–Crippen MR) is 91.0 cm³/mol. The largest absolute Gasteiger partial charge is 0.490 e. The van der Waals surface area contributed by atoms with Gasteiger partial charge in [-0.25, -0.2) is 0 Å². The Kier molecular flexibility index (Phi) is 6.42. The van der Waals surface area contributed by atoms with E-state index < -0.39 is 0 Å². The number of H-pyrrole nitrogens is 1. The van der Waals surface area contributed by atoms with Crippen molar-refractivity contribution in [2.45, 2.75) is 20.3 Å². The summed E-state index contributed by atoms with van der Waals surface area (Å²) < 4.78 is 11.1. The molecule has 1 heterocycles. The van der Waals surface area contributed by atoms with Crippen LogP contribution in [0.5, 0.6) is 11.5 Å². The molecule has 0 spiro atoms. The van der Waals surface area contributed by atoms with Gasteiger partial charge in [-0.15, -0.1) is 0 Å². The molecule has 1 amide bonds. The van der Waals surface area contributed by atoms with Gasteiger partial charge in [-0.05, 0) is 50.1 Å². The summed E-state index contributed by atoms with van der Waals surface area (Å²) in [5, 5.41) is 2.82. The van der Waals surface area contributed by atoms with Crippen molar-refractivity contribution in [3.8, 4) is 11.5 Å². The second-order valence-electron chi connectivity index (χ2n) is 5.10. The molecule has 1 aromatic carbocycles. The summed E-state index contributed by atoms with van der Waals surface area (Å²) in [4.78, 5) is 25.3. The van der Waals surface area contributed by atoms with Crippen LogP contribution in [0.2, 0.25) is 0 Å². The van der Waals surface area contributed by atoms with Crippen LogP contribution in [0.15, 0.2) is 30.3 Å². The van der Waals surface area contributed by atoms with Gasteiger partial charge in [0.05, 0.1) is 18.9 Å². The Balaban J connectivity index is 1.92. The number of benzene rings is 1. The van der Waals surface area contributed by atoms with Crippen molar-refractivity contribution in [3.63, 3.8) is 0 Å². The molecule has 0 saturated heterocycles. The van der Waals surface area contributed by atoms with E-state index in [9.17, 15) is 9.59 Å². The molecule has 128 valence electrons. The van der Waals surface area contributed by atoms with Gasteiger partial charge < -0.3 is 19.8 Å². The van der Waals surface area contributed by atoms with Crippen LogP contribution in [0.1, 0.15) is 40.4 Å². The molecule has 0 atom stereocenters. The standard InChI is InChI=1S/C18H22N2O4/c1-3-23-16-8-5-13(11-17(16)24-4-2)9-10-19-18(22)15-7-6-14(12-21)20-15/h5-8,11-12,20H,3-4,9-10H2,1-2H3,(H,19,22). The first-order valence-corrected chi connectivity index (χ1v) is 7.98. The number of amides is 1. The lowest BCUT2D eigenvalue weighted by Gasteiger charge is -2.12. The van der Waals surface area contributed by atoms with Crippen LogP contribution in [0.3, 0.4) is 0 Å². The fourth-order valence-corrected chi connectivity index (χ4v) is 2.28. The van der Waals surface area contributed by atoms with Crippen molar-refractivity contribution >= 4 is 12.2 Å². The molecule has 0 radical (unpaired) electrons.